The molecular weight excluding hydrogens is 1560 g/mol. The van der Waals surface area contributed by atoms with Crippen molar-refractivity contribution in [1.82, 2.24) is 49.4 Å². The molecule has 3 aromatic heterocycles. The van der Waals surface area contributed by atoms with Gasteiger partial charge >= 0.3 is 5.97 Å². The fraction of sp³-hybridized carbons (Fsp3) is 0.379. The first-order valence-electron chi connectivity index (χ1n) is 37.8. The summed E-state index contributed by atoms with van der Waals surface area (Å²) in [6.07, 6.45) is 11.9. The maximum Gasteiger partial charge on any atom is 0.339 e. The number of hydrogen-bond donors (Lipinski definition) is 2. The number of carboxylic acids is 1. The third-order valence-electron chi connectivity index (χ3n) is 16.9. The number of nitrogens with zero attached hydrogens (tertiary/aromatic N) is 11. The summed E-state index contributed by atoms with van der Waals surface area (Å²) in [5, 5.41) is 18.3. The first-order valence-corrected chi connectivity index (χ1v) is 38.2. The number of methoxy groups -OCH3 is 2. The number of phenols is 1. The summed E-state index contributed by atoms with van der Waals surface area (Å²) in [5.74, 6) is -3.47. The van der Waals surface area contributed by atoms with E-state index in [4.69, 9.17) is 40.4 Å². The second kappa shape index (κ2) is 46.7. The zero-order valence-electron chi connectivity index (χ0n) is 70.7. The Hall–Kier alpha value is -12.0. The number of halogens is 7. The minimum atomic E-state index is -1.20. The molecule has 3 heterocycles. The van der Waals surface area contributed by atoms with E-state index in [-0.39, 0.29) is 157 Å². The highest BCUT2D eigenvalue weighted by Gasteiger charge is 2.31. The van der Waals surface area contributed by atoms with Crippen LogP contribution in [0.4, 0.5) is 26.3 Å². The van der Waals surface area contributed by atoms with E-state index in [1.165, 1.54) is 124 Å². The van der Waals surface area contributed by atoms with Gasteiger partial charge in [0.25, 0.3) is 35.9 Å². The zero-order chi connectivity index (χ0) is 88.9. The molecule has 0 aliphatic heterocycles. The van der Waals surface area contributed by atoms with Crippen molar-refractivity contribution < 1.29 is 93.6 Å². The van der Waals surface area contributed by atoms with Gasteiger partial charge in [0.2, 0.25) is 5.75 Å². The summed E-state index contributed by atoms with van der Waals surface area (Å²) in [7, 11) is 4.62. The molecule has 31 heteroatoms. The summed E-state index contributed by atoms with van der Waals surface area (Å²) >= 11 is 5.96. The molecule has 636 valence electrons. The third-order valence-corrected chi connectivity index (χ3v) is 17.1. The van der Waals surface area contributed by atoms with E-state index in [1.807, 2.05) is 146 Å². The molecule has 9 aromatic rings. The Balaban J connectivity index is 0.000000302. The van der Waals surface area contributed by atoms with Gasteiger partial charge in [-0.2, -0.15) is 0 Å². The molecule has 0 aliphatic rings. The number of phenolic OH excluding ortho intramolecular Hbond substituents is 1. The predicted molar refractivity (Wildman–Crippen MR) is 437 cm³/mol. The number of aryl methyl sites for hydroxylation is 1. The molecule has 0 saturated heterocycles. The number of rotatable bonds is 24. The Morgan fingerprint density at radius 2 is 0.627 bits per heavy atom. The van der Waals surface area contributed by atoms with Crippen LogP contribution in [0.15, 0.2) is 159 Å². The van der Waals surface area contributed by atoms with Crippen LogP contribution >= 0.6 is 11.6 Å². The maximum atomic E-state index is 13.7. The molecule has 0 bridgehead atoms. The van der Waals surface area contributed by atoms with Crippen molar-refractivity contribution in [2.24, 2.45) is 7.05 Å². The van der Waals surface area contributed by atoms with Gasteiger partial charge in [-0.15, -0.1) is 0 Å². The zero-order valence-corrected chi connectivity index (χ0v) is 71.5. The van der Waals surface area contributed by atoms with Gasteiger partial charge in [0.1, 0.15) is 93.8 Å². The number of aromatic carboxylic acids is 1. The van der Waals surface area contributed by atoms with Crippen molar-refractivity contribution in [2.45, 2.75) is 199 Å². The molecule has 2 N–H and O–H groups in total. The van der Waals surface area contributed by atoms with Crippen LogP contribution in [-0.2, 0) is 7.05 Å². The molecule has 0 aliphatic carbocycles. The normalized spacial score (nSPS) is 10.8. The second-order valence-electron chi connectivity index (χ2n) is 29.2. The van der Waals surface area contributed by atoms with Gasteiger partial charge in [-0.05, 0) is 248 Å². The van der Waals surface area contributed by atoms with Gasteiger partial charge in [0.05, 0.1) is 67.7 Å². The number of amides is 5. The van der Waals surface area contributed by atoms with Crippen LogP contribution in [-0.4, -0.2) is 170 Å². The average molecular weight is 1660 g/mol. The lowest BCUT2D eigenvalue weighted by Gasteiger charge is -2.31. The van der Waals surface area contributed by atoms with Crippen molar-refractivity contribution in [3.8, 4) is 51.7 Å². The van der Waals surface area contributed by atoms with Crippen LogP contribution in [0.1, 0.15) is 201 Å². The van der Waals surface area contributed by atoms with Crippen molar-refractivity contribution in [1.29, 1.82) is 0 Å². The van der Waals surface area contributed by atoms with Crippen molar-refractivity contribution in [3.05, 3.63) is 233 Å². The topological polar surface area (TPSA) is 274 Å². The van der Waals surface area contributed by atoms with Crippen molar-refractivity contribution in [2.75, 3.05) is 14.2 Å². The quantitative estimate of drug-likeness (QED) is 0.0323. The first-order chi connectivity index (χ1) is 55.4. The molecule has 0 unspecified atom stereocenters. The van der Waals surface area contributed by atoms with Gasteiger partial charge in [-0.25, -0.2) is 55.6 Å². The van der Waals surface area contributed by atoms with E-state index in [2.05, 4.69) is 24.9 Å². The SMILES string of the molecule is CC(C)N(C(=O)c1cc(F)ccc1O)C(C)C.CC(C)N(C(=O)c1cc(F)ccc1Oc1cnc[n+](C)c1)C(C)C.CC(C)N(C(=O)c1cc(F)ccc1Oc1cncnc1)C(C)C.CC(C)N(C(=O)c1cc(F)ccc1Oc1cncnc1Cl)C(C)C.COc1ccc(F)cc1C(=O)N(C(C)C)C(C)C.COc1ccc(F)cc1C(=O)O. The van der Waals surface area contributed by atoms with E-state index >= 15 is 0 Å². The van der Waals surface area contributed by atoms with E-state index in [0.29, 0.717) is 23.0 Å². The minimum Gasteiger partial charge on any atom is -0.507 e. The number of carboxylic acid groups (broad SMARTS) is 1. The van der Waals surface area contributed by atoms with E-state index < -0.39 is 40.9 Å². The molecular formula is C87H107ClF6N11O13+. The molecule has 0 spiro atoms. The summed E-state index contributed by atoms with van der Waals surface area (Å²) in [6.45, 7) is 38.3. The standard InChI is InChI=1S/C18H23FN3O2.C17H19ClFN3O2.C17H20FN3O2.C14H20FNO2.C13H18FNO2.C8H7FO3/c1-12(2)22(13(3)4)18(23)16-8-14(19)6-7-17(16)24-15-9-20-11-21(5)10-15;1-10(2)22(11(3)4)17(23)13-7-12(19)5-6-14(13)24-15-8-20-9-21-16(15)18;1-11(2)21(12(3)4)17(22)15-7-13(18)5-6-16(15)23-14-8-19-10-20-9-14;1-9(2)16(10(3)4)14(17)12-8-11(15)6-7-13(12)18-5;1-8(2)15(9(3)4)13(17)11-7-10(14)5-6-12(11)16;1-12-7-3-2-5(9)4-6(7)8(10)11/h6-13H,1-5H3;5-11H,1-4H3;5-12H,1-4H3;6-10H,1-5H3;5-9,16H,1-4H3;2-4H,1H3,(H,10,11)/q+1;;;;;. The molecule has 118 heavy (non-hydrogen) atoms. The Labute approximate surface area is 691 Å². The van der Waals surface area contributed by atoms with Gasteiger partial charge < -0.3 is 58.4 Å². The van der Waals surface area contributed by atoms with Crippen LogP contribution in [0.3, 0.4) is 0 Å². The van der Waals surface area contributed by atoms with Crippen molar-refractivity contribution >= 4 is 47.1 Å². The number of hydrogen-bond acceptors (Lipinski definition) is 17. The number of aromatic nitrogens is 6. The minimum absolute atomic E-state index is 0.00685. The van der Waals surface area contributed by atoms with Crippen LogP contribution in [0, 0.1) is 34.9 Å². The number of benzene rings is 6. The Kier molecular flexibility index (Phi) is 39.0. The number of carbonyl (C=O) groups is 6. The predicted octanol–water partition coefficient (Wildman–Crippen LogP) is 18.5. The smallest absolute Gasteiger partial charge is 0.339 e. The summed E-state index contributed by atoms with van der Waals surface area (Å²) in [6, 6.07) is 22.3. The molecule has 0 fully saturated rings. The molecule has 0 saturated carbocycles. The molecule has 6 aromatic carbocycles. The second-order valence-corrected chi connectivity index (χ2v) is 29.6. The molecule has 0 atom stereocenters. The van der Waals surface area contributed by atoms with Crippen LogP contribution in [0.2, 0.25) is 5.15 Å². The first kappa shape index (κ1) is 98.4. The number of carbonyl (C=O) groups excluding carboxylic acids is 5. The molecule has 24 nitrogen and oxygen atoms in total. The highest BCUT2D eigenvalue weighted by molar-refractivity contribution is 6.30. The highest BCUT2D eigenvalue weighted by Crippen LogP contribution is 2.34. The number of aromatic hydroxyl groups is 1. The third kappa shape index (κ3) is 29.0. The van der Waals surface area contributed by atoms with Gasteiger partial charge in [-0.3, -0.25) is 24.0 Å². The van der Waals surface area contributed by atoms with Gasteiger partial charge in [-0.1, -0.05) is 16.6 Å². The largest absolute Gasteiger partial charge is 0.507 e. The fourth-order valence-electron chi connectivity index (χ4n) is 12.3. The molecule has 5 amide bonds. The highest BCUT2D eigenvalue weighted by atomic mass is 35.5. The average Bonchev–Trinajstić information content (AvgIpc) is 0.818. The lowest BCUT2D eigenvalue weighted by molar-refractivity contribution is -0.674. The fourth-order valence-corrected chi connectivity index (χ4v) is 12.4. The molecule has 9 rings (SSSR count). The van der Waals surface area contributed by atoms with E-state index in [0.717, 1.165) is 30.3 Å². The van der Waals surface area contributed by atoms with Gasteiger partial charge in [0, 0.05) is 60.4 Å². The lowest BCUT2D eigenvalue weighted by atomic mass is 10.1. The number of ether oxygens (including phenoxy) is 5. The molecule has 0 radical (unpaired) electrons. The van der Waals surface area contributed by atoms with E-state index in [1.54, 1.807) is 47.8 Å². The van der Waals surface area contributed by atoms with Crippen LogP contribution < -0.4 is 28.3 Å². The Morgan fingerprint density at radius 1 is 0.356 bits per heavy atom. The summed E-state index contributed by atoms with van der Waals surface area (Å²) in [5.41, 5.74) is 0.599. The maximum absolute atomic E-state index is 13.7. The summed E-state index contributed by atoms with van der Waals surface area (Å²) < 4.78 is 109. The van der Waals surface area contributed by atoms with Gasteiger partial charge in [0.15, 0.2) is 22.8 Å². The van der Waals surface area contributed by atoms with E-state index in [9.17, 15) is 60.2 Å². The Bertz CT molecular complexity index is 4770. The van der Waals surface area contributed by atoms with Crippen LogP contribution in [0.25, 0.3) is 0 Å². The van der Waals surface area contributed by atoms with Crippen LogP contribution in [0.5, 0.6) is 51.7 Å². The lowest BCUT2D eigenvalue weighted by Crippen LogP contribution is -2.42. The summed E-state index contributed by atoms with van der Waals surface area (Å²) in [4.78, 5) is 102. The monoisotopic (exact) mass is 1660 g/mol. The Morgan fingerprint density at radius 3 is 0.949 bits per heavy atom. The van der Waals surface area contributed by atoms with Crippen molar-refractivity contribution in [3.63, 3.8) is 0 Å².